The molecule has 0 aliphatic rings. The highest BCUT2D eigenvalue weighted by Gasteiger charge is 2.04. The molecular weight excluding hydrogens is 244 g/mol. The summed E-state index contributed by atoms with van der Waals surface area (Å²) >= 11 is 3.35. The Morgan fingerprint density at radius 3 is 2.36 bits per heavy atom. The minimum Gasteiger partial charge on any atom is -0.411 e. The lowest BCUT2D eigenvalue weighted by atomic mass is 10.1. The number of oxime groups is 1. The van der Waals surface area contributed by atoms with Gasteiger partial charge in [-0.05, 0) is 26.2 Å². The topological polar surface area (TPSA) is 35.8 Å². The van der Waals surface area contributed by atoms with Gasteiger partial charge >= 0.3 is 0 Å². The second kappa shape index (κ2) is 5.12. The van der Waals surface area contributed by atoms with Crippen molar-refractivity contribution in [1.82, 2.24) is 4.90 Å². The highest BCUT2D eigenvalue weighted by Crippen LogP contribution is 2.11. The standard InChI is InChI=1S/C10H13BrN2O/c1-13(2)7-10(12-14)8-3-5-9(11)6-4-8/h3-6,14H,7H2,1-2H3/b12-10-. The quantitative estimate of drug-likeness (QED) is 0.512. The zero-order chi connectivity index (χ0) is 10.6. The van der Waals surface area contributed by atoms with Crippen LogP contribution in [0.2, 0.25) is 0 Å². The van der Waals surface area contributed by atoms with Crippen molar-refractivity contribution < 1.29 is 5.21 Å². The molecule has 0 atom stereocenters. The fourth-order valence-electron chi connectivity index (χ4n) is 1.12. The Balaban J connectivity index is 2.85. The zero-order valence-electron chi connectivity index (χ0n) is 8.24. The van der Waals surface area contributed by atoms with E-state index in [0.717, 1.165) is 10.0 Å². The molecule has 0 amide bonds. The third-order valence-corrected chi connectivity index (χ3v) is 2.29. The van der Waals surface area contributed by atoms with Gasteiger partial charge in [0.25, 0.3) is 0 Å². The van der Waals surface area contributed by atoms with Crippen molar-refractivity contribution in [3.05, 3.63) is 34.3 Å². The summed E-state index contributed by atoms with van der Waals surface area (Å²) in [4.78, 5) is 1.96. The zero-order valence-corrected chi connectivity index (χ0v) is 9.82. The van der Waals surface area contributed by atoms with E-state index in [2.05, 4.69) is 21.1 Å². The maximum Gasteiger partial charge on any atom is 0.101 e. The second-order valence-electron chi connectivity index (χ2n) is 3.29. The highest BCUT2D eigenvalue weighted by atomic mass is 79.9. The number of likely N-dealkylation sites (N-methyl/N-ethyl adjacent to an activating group) is 1. The molecule has 0 aliphatic carbocycles. The second-order valence-corrected chi connectivity index (χ2v) is 4.21. The summed E-state index contributed by atoms with van der Waals surface area (Å²) in [5.41, 5.74) is 1.60. The first kappa shape index (κ1) is 11.2. The van der Waals surface area contributed by atoms with Crippen molar-refractivity contribution in [2.24, 2.45) is 5.16 Å². The number of hydrogen-bond donors (Lipinski definition) is 1. The summed E-state index contributed by atoms with van der Waals surface area (Å²) in [5.74, 6) is 0. The van der Waals surface area contributed by atoms with Gasteiger partial charge in [0, 0.05) is 16.6 Å². The van der Waals surface area contributed by atoms with Crippen molar-refractivity contribution in [2.75, 3.05) is 20.6 Å². The number of halogens is 1. The Labute approximate surface area is 92.2 Å². The first-order valence-electron chi connectivity index (χ1n) is 4.25. The highest BCUT2D eigenvalue weighted by molar-refractivity contribution is 9.10. The number of benzene rings is 1. The molecule has 0 aliphatic heterocycles. The van der Waals surface area contributed by atoms with E-state index in [-0.39, 0.29) is 0 Å². The molecule has 1 aromatic carbocycles. The van der Waals surface area contributed by atoms with E-state index in [9.17, 15) is 0 Å². The summed E-state index contributed by atoms with van der Waals surface area (Å²) in [5, 5.41) is 12.1. The first-order valence-corrected chi connectivity index (χ1v) is 5.04. The van der Waals surface area contributed by atoms with Crippen molar-refractivity contribution >= 4 is 21.6 Å². The summed E-state index contributed by atoms with van der Waals surface area (Å²) in [7, 11) is 3.87. The molecule has 1 N–H and O–H groups in total. The van der Waals surface area contributed by atoms with E-state index in [1.165, 1.54) is 0 Å². The van der Waals surface area contributed by atoms with Gasteiger partial charge in [-0.3, -0.25) is 0 Å². The van der Waals surface area contributed by atoms with Crippen LogP contribution in [0.4, 0.5) is 0 Å². The molecule has 0 fully saturated rings. The van der Waals surface area contributed by atoms with Crippen LogP contribution in [0.1, 0.15) is 5.56 Å². The van der Waals surface area contributed by atoms with Gasteiger partial charge in [0.05, 0.1) is 0 Å². The van der Waals surface area contributed by atoms with Crippen molar-refractivity contribution in [3.8, 4) is 0 Å². The average Bonchev–Trinajstić information content (AvgIpc) is 2.15. The van der Waals surface area contributed by atoms with Crippen LogP contribution in [-0.2, 0) is 0 Å². The van der Waals surface area contributed by atoms with Crippen LogP contribution in [0.5, 0.6) is 0 Å². The molecule has 0 saturated heterocycles. The molecule has 0 aromatic heterocycles. The molecule has 0 bridgehead atoms. The van der Waals surface area contributed by atoms with E-state index in [1.54, 1.807) is 0 Å². The molecule has 1 aromatic rings. The molecule has 3 nitrogen and oxygen atoms in total. The van der Waals surface area contributed by atoms with Crippen LogP contribution >= 0.6 is 15.9 Å². The van der Waals surface area contributed by atoms with Crippen LogP contribution in [0.25, 0.3) is 0 Å². The van der Waals surface area contributed by atoms with Crippen molar-refractivity contribution in [1.29, 1.82) is 0 Å². The van der Waals surface area contributed by atoms with Gasteiger partial charge in [-0.2, -0.15) is 0 Å². The summed E-state index contributed by atoms with van der Waals surface area (Å²) in [6.07, 6.45) is 0. The molecule has 0 saturated carbocycles. The number of hydrogen-bond acceptors (Lipinski definition) is 3. The van der Waals surface area contributed by atoms with Crippen LogP contribution in [0, 0.1) is 0 Å². The summed E-state index contributed by atoms with van der Waals surface area (Å²) in [6, 6.07) is 7.69. The van der Waals surface area contributed by atoms with E-state index >= 15 is 0 Å². The van der Waals surface area contributed by atoms with Crippen LogP contribution in [0.3, 0.4) is 0 Å². The van der Waals surface area contributed by atoms with Crippen LogP contribution in [0.15, 0.2) is 33.9 Å². The van der Waals surface area contributed by atoms with Crippen molar-refractivity contribution in [3.63, 3.8) is 0 Å². The SMILES string of the molecule is CN(C)C/C(=N/O)c1ccc(Br)cc1. The predicted octanol–water partition coefficient (Wildman–Crippen LogP) is 2.19. The maximum absolute atomic E-state index is 8.85. The Morgan fingerprint density at radius 2 is 1.93 bits per heavy atom. The Morgan fingerprint density at radius 1 is 1.36 bits per heavy atom. The van der Waals surface area contributed by atoms with Gasteiger partial charge in [-0.1, -0.05) is 33.2 Å². The average molecular weight is 257 g/mol. The third kappa shape index (κ3) is 3.12. The molecule has 0 unspecified atom stereocenters. The minimum absolute atomic E-state index is 0.623. The molecule has 1 rings (SSSR count). The normalized spacial score (nSPS) is 12.1. The lowest BCUT2D eigenvalue weighted by Crippen LogP contribution is -2.22. The van der Waals surface area contributed by atoms with Gasteiger partial charge in [0.1, 0.15) is 5.71 Å². The molecular formula is C10H13BrN2O. The largest absolute Gasteiger partial charge is 0.411 e. The van der Waals surface area contributed by atoms with E-state index in [0.29, 0.717) is 12.3 Å². The minimum atomic E-state index is 0.623. The number of rotatable bonds is 3. The van der Waals surface area contributed by atoms with Crippen molar-refractivity contribution in [2.45, 2.75) is 0 Å². The molecule has 0 radical (unpaired) electrons. The first-order chi connectivity index (χ1) is 6.63. The Bertz CT molecular complexity index is 319. The predicted molar refractivity (Wildman–Crippen MR) is 61.0 cm³/mol. The molecule has 0 spiro atoms. The van der Waals surface area contributed by atoms with Gasteiger partial charge in [-0.25, -0.2) is 0 Å². The Kier molecular flexibility index (Phi) is 4.10. The lowest BCUT2D eigenvalue weighted by molar-refractivity contribution is 0.315. The monoisotopic (exact) mass is 256 g/mol. The third-order valence-electron chi connectivity index (χ3n) is 1.76. The van der Waals surface area contributed by atoms with Crippen LogP contribution in [-0.4, -0.2) is 36.5 Å². The van der Waals surface area contributed by atoms with Gasteiger partial charge in [-0.15, -0.1) is 0 Å². The fraction of sp³-hybridized carbons (Fsp3) is 0.300. The molecule has 4 heteroatoms. The molecule has 0 heterocycles. The summed E-state index contributed by atoms with van der Waals surface area (Å²) < 4.78 is 1.02. The number of nitrogens with zero attached hydrogens (tertiary/aromatic N) is 2. The van der Waals surface area contributed by atoms with Crippen LogP contribution < -0.4 is 0 Å². The van der Waals surface area contributed by atoms with E-state index in [4.69, 9.17) is 5.21 Å². The lowest BCUT2D eigenvalue weighted by Gasteiger charge is -2.10. The van der Waals surface area contributed by atoms with Gasteiger partial charge < -0.3 is 10.1 Å². The maximum atomic E-state index is 8.85. The fourth-order valence-corrected chi connectivity index (χ4v) is 1.39. The summed E-state index contributed by atoms with van der Waals surface area (Å²) in [6.45, 7) is 0.623. The van der Waals surface area contributed by atoms with E-state index in [1.807, 2.05) is 43.3 Å². The molecule has 14 heavy (non-hydrogen) atoms. The van der Waals surface area contributed by atoms with Gasteiger partial charge in [0.2, 0.25) is 0 Å². The Hall–Kier alpha value is -0.870. The smallest absolute Gasteiger partial charge is 0.101 e. The van der Waals surface area contributed by atoms with Gasteiger partial charge in [0.15, 0.2) is 0 Å². The van der Waals surface area contributed by atoms with E-state index < -0.39 is 0 Å². The molecule has 76 valence electrons.